The first-order valence-electron chi connectivity index (χ1n) is 10.8. The van der Waals surface area contributed by atoms with Gasteiger partial charge in [-0.15, -0.1) is 0 Å². The summed E-state index contributed by atoms with van der Waals surface area (Å²) in [6, 6.07) is 6.95. The maximum absolute atomic E-state index is 14.3. The van der Waals surface area contributed by atoms with Crippen molar-refractivity contribution in [1.82, 2.24) is 30.2 Å². The lowest BCUT2D eigenvalue weighted by Gasteiger charge is -2.12. The van der Waals surface area contributed by atoms with E-state index in [-0.39, 0.29) is 36.0 Å². The van der Waals surface area contributed by atoms with Crippen molar-refractivity contribution < 1.29 is 22.4 Å². The molecule has 1 amide bonds. The average molecular weight is 499 g/mol. The van der Waals surface area contributed by atoms with Crippen molar-refractivity contribution in [3.63, 3.8) is 0 Å². The highest BCUT2D eigenvalue weighted by atomic mass is 19.4. The molecule has 3 N–H and O–H groups in total. The Hall–Kier alpha value is -4.35. The summed E-state index contributed by atoms with van der Waals surface area (Å²) < 4.78 is 53.9. The molecule has 4 aromatic rings. The number of aromatic nitrogens is 5. The van der Waals surface area contributed by atoms with E-state index < -0.39 is 23.5 Å². The van der Waals surface area contributed by atoms with Crippen LogP contribution in [0.2, 0.25) is 0 Å². The highest BCUT2D eigenvalue weighted by Crippen LogP contribution is 2.31. The van der Waals surface area contributed by atoms with Gasteiger partial charge in [-0.1, -0.05) is 12.1 Å². The Morgan fingerprint density at radius 2 is 1.89 bits per heavy atom. The number of benzene rings is 1. The lowest BCUT2D eigenvalue weighted by Crippen LogP contribution is -2.27. The van der Waals surface area contributed by atoms with Crippen LogP contribution in [0.3, 0.4) is 0 Å². The van der Waals surface area contributed by atoms with Crippen molar-refractivity contribution in [3.8, 4) is 11.4 Å². The summed E-state index contributed by atoms with van der Waals surface area (Å²) in [5.74, 6) is -0.976. The van der Waals surface area contributed by atoms with Crippen LogP contribution in [0.15, 0.2) is 55.2 Å². The number of H-pyrrole nitrogens is 1. The summed E-state index contributed by atoms with van der Waals surface area (Å²) in [5, 5.41) is 5.63. The Morgan fingerprint density at radius 3 is 2.61 bits per heavy atom. The zero-order chi connectivity index (χ0) is 25.7. The molecular weight excluding hydrogens is 478 g/mol. The second-order valence-electron chi connectivity index (χ2n) is 7.95. The number of carbonyl (C=O) groups excluding carboxylic acids is 1. The smallest absolute Gasteiger partial charge is 0.366 e. The molecule has 0 spiro atoms. The van der Waals surface area contributed by atoms with Crippen LogP contribution in [0.5, 0.6) is 0 Å². The molecule has 0 aliphatic carbocycles. The van der Waals surface area contributed by atoms with Crippen LogP contribution in [0.25, 0.3) is 11.4 Å². The number of carbonyl (C=O) groups is 1. The van der Waals surface area contributed by atoms with E-state index in [0.717, 1.165) is 17.3 Å². The fourth-order valence-corrected chi connectivity index (χ4v) is 3.30. The van der Waals surface area contributed by atoms with Crippen LogP contribution in [0.4, 0.5) is 23.4 Å². The number of amides is 1. The molecule has 12 heteroatoms. The molecule has 0 radical (unpaired) electrons. The van der Waals surface area contributed by atoms with Crippen LogP contribution in [-0.4, -0.2) is 37.4 Å². The number of nitrogens with zero attached hydrogens (tertiary/aromatic N) is 4. The molecule has 186 valence electrons. The van der Waals surface area contributed by atoms with Crippen LogP contribution in [-0.2, 0) is 19.1 Å². The summed E-state index contributed by atoms with van der Waals surface area (Å²) in [5.41, 5.74) is 0.847. The third-order valence-corrected chi connectivity index (χ3v) is 5.19. The molecule has 0 unspecified atom stereocenters. The zero-order valence-corrected chi connectivity index (χ0v) is 19.0. The molecule has 1 aromatic carbocycles. The molecule has 0 fully saturated rings. The first kappa shape index (κ1) is 24.8. The van der Waals surface area contributed by atoms with E-state index in [4.69, 9.17) is 0 Å². The van der Waals surface area contributed by atoms with Gasteiger partial charge in [-0.3, -0.25) is 9.78 Å². The Bertz CT molecular complexity index is 1360. The summed E-state index contributed by atoms with van der Waals surface area (Å²) >= 11 is 0. The third-order valence-electron chi connectivity index (χ3n) is 5.19. The van der Waals surface area contributed by atoms with Crippen molar-refractivity contribution in [1.29, 1.82) is 0 Å². The molecule has 0 atom stereocenters. The van der Waals surface area contributed by atoms with Crippen LogP contribution in [0, 0.1) is 12.7 Å². The van der Waals surface area contributed by atoms with Crippen molar-refractivity contribution >= 4 is 11.7 Å². The number of alkyl halides is 3. The summed E-state index contributed by atoms with van der Waals surface area (Å²) in [6.45, 7) is 2.06. The molecule has 0 saturated heterocycles. The number of hydrogen-bond acceptors (Lipinski definition) is 6. The van der Waals surface area contributed by atoms with Gasteiger partial charge in [-0.2, -0.15) is 13.2 Å². The van der Waals surface area contributed by atoms with Crippen molar-refractivity contribution in [3.05, 3.63) is 89.1 Å². The molecule has 36 heavy (non-hydrogen) atoms. The largest absolute Gasteiger partial charge is 0.417 e. The van der Waals surface area contributed by atoms with Gasteiger partial charge in [0.25, 0.3) is 5.91 Å². The normalized spacial score (nSPS) is 11.4. The number of hydrogen-bond donors (Lipinski definition) is 3. The Labute approximate surface area is 203 Å². The monoisotopic (exact) mass is 499 g/mol. The van der Waals surface area contributed by atoms with E-state index in [2.05, 4.69) is 35.6 Å². The van der Waals surface area contributed by atoms with Crippen LogP contribution < -0.4 is 10.6 Å². The standard InChI is InChI=1S/C24H21F4N7O/c1-14-2-3-15(19(25)6-14)10-32-21-8-20(23(36)31-5-4-18-12-30-13-33-18)34-22(35-21)16-7-17(11-29-9-16)24(26,27)28/h2-3,6-9,11-13H,4-5,10H2,1H3,(H,30,33)(H,31,36)(H,32,34,35). The van der Waals surface area contributed by atoms with E-state index >= 15 is 0 Å². The number of rotatable bonds is 8. The van der Waals surface area contributed by atoms with E-state index in [0.29, 0.717) is 18.2 Å². The number of pyridine rings is 1. The molecule has 8 nitrogen and oxygen atoms in total. The predicted molar refractivity (Wildman–Crippen MR) is 123 cm³/mol. The first-order valence-corrected chi connectivity index (χ1v) is 10.8. The summed E-state index contributed by atoms with van der Waals surface area (Å²) in [4.78, 5) is 31.7. The Balaban J connectivity index is 1.61. The molecule has 0 aliphatic heterocycles. The summed E-state index contributed by atoms with van der Waals surface area (Å²) in [7, 11) is 0. The molecular formula is C24H21F4N7O. The minimum absolute atomic E-state index is 0.0264. The van der Waals surface area contributed by atoms with Crippen LogP contribution in [0.1, 0.15) is 32.9 Å². The highest BCUT2D eigenvalue weighted by molar-refractivity contribution is 5.93. The van der Waals surface area contributed by atoms with Gasteiger partial charge in [0, 0.05) is 61.0 Å². The van der Waals surface area contributed by atoms with Gasteiger partial charge in [0.15, 0.2) is 5.82 Å². The van der Waals surface area contributed by atoms with E-state index in [9.17, 15) is 22.4 Å². The van der Waals surface area contributed by atoms with Crippen molar-refractivity contribution in [2.75, 3.05) is 11.9 Å². The molecule has 0 bridgehead atoms. The minimum Gasteiger partial charge on any atom is -0.366 e. The molecule has 4 rings (SSSR count). The second-order valence-corrected chi connectivity index (χ2v) is 7.95. The molecule has 0 aliphatic rings. The van der Waals surface area contributed by atoms with E-state index in [1.165, 1.54) is 24.7 Å². The van der Waals surface area contributed by atoms with Gasteiger partial charge in [0.2, 0.25) is 0 Å². The van der Waals surface area contributed by atoms with E-state index in [1.54, 1.807) is 25.3 Å². The number of aryl methyl sites for hydroxylation is 1. The fraction of sp³-hybridized carbons (Fsp3) is 0.208. The number of anilines is 1. The van der Waals surface area contributed by atoms with Gasteiger partial charge in [0.1, 0.15) is 17.3 Å². The molecule has 0 saturated carbocycles. The van der Waals surface area contributed by atoms with Crippen molar-refractivity contribution in [2.24, 2.45) is 0 Å². The molecule has 3 aromatic heterocycles. The van der Waals surface area contributed by atoms with Gasteiger partial charge in [-0.25, -0.2) is 19.3 Å². The second kappa shape index (κ2) is 10.5. The number of imidazole rings is 1. The topological polar surface area (TPSA) is 108 Å². The number of aromatic amines is 1. The maximum atomic E-state index is 14.3. The average Bonchev–Trinajstić information content (AvgIpc) is 3.36. The van der Waals surface area contributed by atoms with E-state index in [1.807, 2.05) is 0 Å². The lowest BCUT2D eigenvalue weighted by atomic mass is 10.1. The maximum Gasteiger partial charge on any atom is 0.417 e. The highest BCUT2D eigenvalue weighted by Gasteiger charge is 2.31. The SMILES string of the molecule is Cc1ccc(CNc2cc(C(=O)NCCc3cnc[nH]3)nc(-c3cncc(C(F)(F)F)c3)n2)c(F)c1. The quantitative estimate of drug-likeness (QED) is 0.312. The fourth-order valence-electron chi connectivity index (χ4n) is 3.30. The van der Waals surface area contributed by atoms with Gasteiger partial charge in [-0.05, 0) is 24.6 Å². The zero-order valence-electron chi connectivity index (χ0n) is 19.0. The number of halogens is 4. The van der Waals surface area contributed by atoms with Gasteiger partial charge in [0.05, 0.1) is 11.9 Å². The Morgan fingerprint density at radius 1 is 1.06 bits per heavy atom. The predicted octanol–water partition coefficient (Wildman–Crippen LogP) is 4.31. The lowest BCUT2D eigenvalue weighted by molar-refractivity contribution is -0.137. The van der Waals surface area contributed by atoms with Gasteiger partial charge < -0.3 is 15.6 Å². The summed E-state index contributed by atoms with van der Waals surface area (Å²) in [6.07, 6.45) is 0.879. The van der Waals surface area contributed by atoms with Crippen LogP contribution >= 0.6 is 0 Å². The minimum atomic E-state index is -4.62. The number of nitrogens with one attached hydrogen (secondary N) is 3. The first-order chi connectivity index (χ1) is 17.2. The Kier molecular flexibility index (Phi) is 7.23. The van der Waals surface area contributed by atoms with Crippen molar-refractivity contribution in [2.45, 2.75) is 26.1 Å². The third kappa shape index (κ3) is 6.20. The molecule has 3 heterocycles. The van der Waals surface area contributed by atoms with Gasteiger partial charge >= 0.3 is 6.18 Å².